The highest BCUT2D eigenvalue weighted by molar-refractivity contribution is 5.51. The van der Waals surface area contributed by atoms with Gasteiger partial charge in [0.25, 0.3) is 0 Å². The van der Waals surface area contributed by atoms with Crippen molar-refractivity contribution in [2.45, 2.75) is 38.1 Å². The van der Waals surface area contributed by atoms with Gasteiger partial charge < -0.3 is 5.11 Å². The number of aromatic nitrogens is 2. The van der Waals surface area contributed by atoms with Crippen molar-refractivity contribution in [2.24, 2.45) is 0 Å². The summed E-state index contributed by atoms with van der Waals surface area (Å²) in [6.45, 7) is 0. The van der Waals surface area contributed by atoms with Crippen LogP contribution in [0.1, 0.15) is 43.0 Å². The van der Waals surface area contributed by atoms with Crippen LogP contribution in [-0.4, -0.2) is 14.9 Å². The molecule has 1 unspecified atom stereocenters. The molecule has 3 rings (SSSR count). The zero-order valence-electron chi connectivity index (χ0n) is 9.32. The van der Waals surface area contributed by atoms with Crippen molar-refractivity contribution in [3.63, 3.8) is 0 Å². The molecular weight excluding hydrogens is 200 g/mol. The molecule has 0 saturated heterocycles. The predicted octanol–water partition coefficient (Wildman–Crippen LogP) is 2.18. The highest BCUT2D eigenvalue weighted by atomic mass is 16.3. The van der Waals surface area contributed by atoms with E-state index in [4.69, 9.17) is 5.11 Å². The first-order valence-electron chi connectivity index (χ1n) is 6.01. The van der Waals surface area contributed by atoms with Crippen LogP contribution < -0.4 is 0 Å². The minimum Gasteiger partial charge on any atom is -0.595 e. The molecule has 2 N–H and O–H groups in total. The van der Waals surface area contributed by atoms with E-state index in [1.165, 1.54) is 12.0 Å². The largest absolute Gasteiger partial charge is 0.595 e. The number of nitrogens with zero attached hydrogens (tertiary/aromatic N) is 2. The Morgan fingerprint density at radius 1 is 1.38 bits per heavy atom. The molecule has 0 fully saturated rings. The van der Waals surface area contributed by atoms with E-state index >= 15 is 0 Å². The fraction of sp³-hybridized carbons (Fsp3) is 0.462. The number of aryl methyl sites for hydroxylation is 1. The monoisotopic (exact) mass is 217 g/mol. The Morgan fingerprint density at radius 3 is 3.12 bits per heavy atom. The Bertz CT molecular complexity index is 456. The van der Waals surface area contributed by atoms with E-state index < -0.39 is 0 Å². The second-order valence-electron chi connectivity index (χ2n) is 4.57. The molecule has 16 heavy (non-hydrogen) atoms. The molecule has 1 aromatic rings. The van der Waals surface area contributed by atoms with Crippen molar-refractivity contribution in [3.05, 3.63) is 35.4 Å². The van der Waals surface area contributed by atoms with Crippen LogP contribution in [0.4, 0.5) is 0 Å². The molecule has 0 aromatic carbocycles. The number of fused-ring (bicyclic) bond motifs is 1. The molecule has 1 aromatic heterocycles. The first-order chi connectivity index (χ1) is 7.84. The predicted molar refractivity (Wildman–Crippen MR) is 64.2 cm³/mol. The smallest absolute Gasteiger partial charge is 0.249 e. The summed E-state index contributed by atoms with van der Waals surface area (Å²) in [6, 6.07) is 0.174. The van der Waals surface area contributed by atoms with Gasteiger partial charge in [-0.05, 0) is 43.7 Å². The first-order valence-corrected chi connectivity index (χ1v) is 6.01. The summed E-state index contributed by atoms with van der Waals surface area (Å²) in [6.07, 6.45) is 13.9. The molecule has 2 aliphatic rings. The van der Waals surface area contributed by atoms with Gasteiger partial charge in [-0.2, -0.15) is 5.10 Å². The molecule has 0 amide bonds. The summed E-state index contributed by atoms with van der Waals surface area (Å²) in [5.41, 5.74) is 2.44. The lowest BCUT2D eigenvalue weighted by atomic mass is 10.0. The summed E-state index contributed by atoms with van der Waals surface area (Å²) in [5, 5.41) is 12.6. The van der Waals surface area contributed by atoms with E-state index in [0.29, 0.717) is 0 Å². The van der Waals surface area contributed by atoms with Crippen LogP contribution in [0.3, 0.4) is 0 Å². The highest BCUT2D eigenvalue weighted by Gasteiger charge is 2.25. The van der Waals surface area contributed by atoms with Gasteiger partial charge >= 0.3 is 0 Å². The Hall–Kier alpha value is -1.51. The third-order valence-electron chi connectivity index (χ3n) is 3.42. The molecule has 0 saturated carbocycles. The lowest BCUT2D eigenvalue weighted by Gasteiger charge is -2.17. The minimum absolute atomic E-state index is 0.174. The van der Waals surface area contributed by atoms with Crippen molar-refractivity contribution in [3.8, 4) is 0 Å². The maximum Gasteiger partial charge on any atom is 0.249 e. The van der Waals surface area contributed by atoms with Gasteiger partial charge in [0.1, 0.15) is 0 Å². The van der Waals surface area contributed by atoms with Crippen LogP contribution in [0.15, 0.2) is 24.1 Å². The number of hydrogen-bond donors (Lipinski definition) is 0. The van der Waals surface area contributed by atoms with Crippen LogP contribution in [0.25, 0.3) is 6.08 Å². The van der Waals surface area contributed by atoms with E-state index in [1.807, 2.05) is 10.8 Å². The van der Waals surface area contributed by atoms with Gasteiger partial charge in [-0.1, -0.05) is 6.08 Å². The molecule has 3 heteroatoms. The van der Waals surface area contributed by atoms with Gasteiger partial charge in [0.2, 0.25) is 5.76 Å². The third-order valence-corrected chi connectivity index (χ3v) is 3.42. The Labute approximate surface area is 95.1 Å². The van der Waals surface area contributed by atoms with Crippen molar-refractivity contribution < 1.29 is 5.11 Å². The molecule has 1 atom stereocenters. The van der Waals surface area contributed by atoms with Gasteiger partial charge in [0.15, 0.2) is 6.04 Å². The Balaban J connectivity index is 1.95. The minimum atomic E-state index is 0.174. The topological polar surface area (TPSA) is 40.7 Å². The van der Waals surface area contributed by atoms with Crippen molar-refractivity contribution >= 4 is 6.08 Å². The fourth-order valence-electron chi connectivity index (χ4n) is 2.50. The fourth-order valence-corrected chi connectivity index (χ4v) is 2.50. The van der Waals surface area contributed by atoms with Crippen molar-refractivity contribution in [1.29, 1.82) is 0 Å². The quantitative estimate of drug-likeness (QED) is 0.665. The molecule has 2 aliphatic carbocycles. The van der Waals surface area contributed by atoms with Crippen LogP contribution in [0.2, 0.25) is 0 Å². The summed E-state index contributed by atoms with van der Waals surface area (Å²) >= 11 is 0. The second kappa shape index (κ2) is 3.81. The lowest BCUT2D eigenvalue weighted by Crippen LogP contribution is -2.15. The SMILES string of the molecule is [OH2+]C1=CCCCC1n1cc2c(n1)C=CCC2. The van der Waals surface area contributed by atoms with E-state index in [1.54, 1.807) is 0 Å². The molecule has 3 nitrogen and oxygen atoms in total. The standard InChI is InChI=1S/C13H16N2O/c16-13-8-4-3-7-12(13)15-9-10-5-1-2-6-11(10)14-15/h2,6,8-9,12,16H,1,3-5,7H2/p+1. The Kier molecular flexibility index (Phi) is 2.31. The van der Waals surface area contributed by atoms with E-state index in [-0.39, 0.29) is 6.04 Å². The zero-order valence-corrected chi connectivity index (χ0v) is 9.32. The van der Waals surface area contributed by atoms with E-state index in [2.05, 4.69) is 23.4 Å². The maximum absolute atomic E-state index is 7.96. The van der Waals surface area contributed by atoms with Gasteiger partial charge in [0, 0.05) is 12.3 Å². The third kappa shape index (κ3) is 1.56. The highest BCUT2D eigenvalue weighted by Crippen LogP contribution is 2.29. The number of allylic oxidation sites excluding steroid dienone is 3. The average Bonchev–Trinajstić information content (AvgIpc) is 2.73. The number of hydrogen-bond acceptors (Lipinski definition) is 1. The summed E-state index contributed by atoms with van der Waals surface area (Å²) in [7, 11) is 0. The van der Waals surface area contributed by atoms with E-state index in [0.717, 1.165) is 37.1 Å². The van der Waals surface area contributed by atoms with Gasteiger partial charge in [0.05, 0.1) is 5.69 Å². The van der Waals surface area contributed by atoms with Crippen molar-refractivity contribution in [1.82, 2.24) is 9.78 Å². The molecule has 84 valence electrons. The molecule has 0 bridgehead atoms. The second-order valence-corrected chi connectivity index (χ2v) is 4.57. The normalized spacial score (nSPS) is 24.0. The molecule has 0 radical (unpaired) electrons. The summed E-state index contributed by atoms with van der Waals surface area (Å²) in [5.74, 6) is 0.732. The van der Waals surface area contributed by atoms with Gasteiger partial charge in [-0.25, -0.2) is 0 Å². The van der Waals surface area contributed by atoms with Crippen LogP contribution >= 0.6 is 0 Å². The Morgan fingerprint density at radius 2 is 2.31 bits per heavy atom. The molecule has 0 spiro atoms. The van der Waals surface area contributed by atoms with Crippen LogP contribution in [0.5, 0.6) is 0 Å². The van der Waals surface area contributed by atoms with Gasteiger partial charge in [-0.15, -0.1) is 0 Å². The maximum atomic E-state index is 7.96. The summed E-state index contributed by atoms with van der Waals surface area (Å²) < 4.78 is 2.00. The lowest BCUT2D eigenvalue weighted by molar-refractivity contribution is 0.285. The van der Waals surface area contributed by atoms with Crippen LogP contribution in [0, 0.1) is 0 Å². The number of rotatable bonds is 1. The molecular formula is C13H17N2O+. The van der Waals surface area contributed by atoms with E-state index in [9.17, 15) is 0 Å². The molecule has 1 heterocycles. The van der Waals surface area contributed by atoms with Crippen molar-refractivity contribution in [2.75, 3.05) is 0 Å². The van der Waals surface area contributed by atoms with Gasteiger partial charge in [-0.3, -0.25) is 4.68 Å². The first kappa shape index (κ1) is 9.70. The zero-order chi connectivity index (χ0) is 11.0. The average molecular weight is 217 g/mol. The summed E-state index contributed by atoms with van der Waals surface area (Å²) in [4.78, 5) is 0. The van der Waals surface area contributed by atoms with Crippen LogP contribution in [-0.2, 0) is 6.42 Å². The molecule has 0 aliphatic heterocycles.